The van der Waals surface area contributed by atoms with Crippen molar-refractivity contribution in [1.29, 1.82) is 0 Å². The van der Waals surface area contributed by atoms with Gasteiger partial charge in [0, 0.05) is 26.2 Å². The van der Waals surface area contributed by atoms with E-state index < -0.39 is 5.60 Å². The average Bonchev–Trinajstić information content (AvgIpc) is 3.14. The van der Waals surface area contributed by atoms with Gasteiger partial charge >= 0.3 is 5.69 Å². The predicted octanol–water partition coefficient (Wildman–Crippen LogP) is 4.20. The molecule has 128 valence electrons. The van der Waals surface area contributed by atoms with Gasteiger partial charge in [-0.2, -0.15) is 5.10 Å². The summed E-state index contributed by atoms with van der Waals surface area (Å²) in [4.78, 5) is 14.4. The largest absolute Gasteiger partial charge is 0.354 e. The predicted molar refractivity (Wildman–Crippen MR) is 96.3 cm³/mol. The lowest BCUT2D eigenvalue weighted by Crippen LogP contribution is -2.27. The highest BCUT2D eigenvalue weighted by atomic mass is 35.5. The lowest BCUT2D eigenvalue weighted by Gasteiger charge is -2.15. The van der Waals surface area contributed by atoms with Gasteiger partial charge in [-0.15, -0.1) is 0 Å². The van der Waals surface area contributed by atoms with Gasteiger partial charge in [0.2, 0.25) is 0 Å². The molecule has 1 N–H and O–H groups in total. The highest BCUT2D eigenvalue weighted by Gasteiger charge is 2.60. The van der Waals surface area contributed by atoms with Crippen molar-refractivity contribution in [1.82, 2.24) is 14.8 Å². The standard InChI is InChI=1S/C17H12Cl3N3O2/c18-10-5-6-11(14(20)7-10)15-17(25-15,8-23-16(24)21-9-22-23)12-3-1-2-4-13(12)19/h1-7,9,15H,8H2,(H,21,22,24)/t15-,17+/m1/s1. The normalized spacial score (nSPS) is 22.1. The van der Waals surface area contributed by atoms with E-state index in [1.165, 1.54) is 11.0 Å². The number of ether oxygens (including phenoxy) is 1. The molecule has 1 saturated heterocycles. The van der Waals surface area contributed by atoms with Crippen LogP contribution in [0.15, 0.2) is 53.6 Å². The number of benzene rings is 2. The Morgan fingerprint density at radius 1 is 1.16 bits per heavy atom. The number of hydrogen-bond donors (Lipinski definition) is 1. The number of H-pyrrole nitrogens is 1. The average molecular weight is 397 g/mol. The van der Waals surface area contributed by atoms with Crippen LogP contribution in [0.1, 0.15) is 17.2 Å². The Labute approximate surface area is 158 Å². The number of rotatable bonds is 4. The van der Waals surface area contributed by atoms with Crippen LogP contribution in [-0.4, -0.2) is 14.8 Å². The third-order valence-electron chi connectivity index (χ3n) is 4.27. The topological polar surface area (TPSA) is 63.2 Å². The quantitative estimate of drug-likeness (QED) is 0.672. The van der Waals surface area contributed by atoms with Crippen molar-refractivity contribution in [2.75, 3.05) is 0 Å². The molecule has 0 saturated carbocycles. The van der Waals surface area contributed by atoms with Crippen molar-refractivity contribution in [2.45, 2.75) is 18.2 Å². The summed E-state index contributed by atoms with van der Waals surface area (Å²) in [5.41, 5.74) is 0.425. The fourth-order valence-electron chi connectivity index (χ4n) is 3.04. The summed E-state index contributed by atoms with van der Waals surface area (Å²) in [5.74, 6) is 0. The molecule has 2 heterocycles. The van der Waals surface area contributed by atoms with Gasteiger partial charge in [-0.1, -0.05) is 59.1 Å². The maximum Gasteiger partial charge on any atom is 0.343 e. The van der Waals surface area contributed by atoms with E-state index in [1.807, 2.05) is 24.3 Å². The van der Waals surface area contributed by atoms with E-state index in [9.17, 15) is 4.79 Å². The highest BCUT2D eigenvalue weighted by Crippen LogP contribution is 2.60. The fourth-order valence-corrected chi connectivity index (χ4v) is 3.84. The molecule has 5 nitrogen and oxygen atoms in total. The molecule has 0 radical (unpaired) electrons. The molecule has 0 aliphatic carbocycles. The van der Waals surface area contributed by atoms with Crippen LogP contribution in [0, 0.1) is 0 Å². The molecule has 4 rings (SSSR count). The zero-order valence-electron chi connectivity index (χ0n) is 12.7. The Balaban J connectivity index is 1.80. The van der Waals surface area contributed by atoms with Crippen molar-refractivity contribution >= 4 is 34.8 Å². The van der Waals surface area contributed by atoms with E-state index in [0.717, 1.165) is 11.1 Å². The van der Waals surface area contributed by atoms with Crippen molar-refractivity contribution in [3.05, 3.63) is 85.5 Å². The SMILES string of the molecule is O=c1[nH]cnn1C[C@@]1(c2ccccc2Cl)O[C@@H]1c1ccc(Cl)cc1Cl. The van der Waals surface area contributed by atoms with E-state index in [4.69, 9.17) is 39.5 Å². The van der Waals surface area contributed by atoms with E-state index in [0.29, 0.717) is 15.1 Å². The molecular weight excluding hydrogens is 385 g/mol. The van der Waals surface area contributed by atoms with E-state index in [1.54, 1.807) is 18.2 Å². The second-order valence-electron chi connectivity index (χ2n) is 5.78. The summed E-state index contributed by atoms with van der Waals surface area (Å²) in [7, 11) is 0. The Bertz CT molecular complexity index is 1000. The summed E-state index contributed by atoms with van der Waals surface area (Å²) in [6.07, 6.45) is 0.982. The Kier molecular flexibility index (Phi) is 4.12. The number of epoxide rings is 1. The van der Waals surface area contributed by atoms with Crippen LogP contribution < -0.4 is 5.69 Å². The molecule has 0 bridgehead atoms. The highest BCUT2D eigenvalue weighted by molar-refractivity contribution is 6.35. The first-order valence-corrected chi connectivity index (χ1v) is 8.63. The smallest absolute Gasteiger partial charge is 0.343 e. The van der Waals surface area contributed by atoms with Gasteiger partial charge in [0.1, 0.15) is 18.0 Å². The monoisotopic (exact) mass is 395 g/mol. The lowest BCUT2D eigenvalue weighted by molar-refractivity contribution is 0.260. The summed E-state index contributed by atoms with van der Waals surface area (Å²) >= 11 is 18.7. The molecule has 25 heavy (non-hydrogen) atoms. The molecule has 1 aliphatic rings. The minimum Gasteiger partial charge on any atom is -0.354 e. The molecule has 8 heteroatoms. The molecule has 1 aliphatic heterocycles. The minimum absolute atomic E-state index is 0.211. The zero-order valence-corrected chi connectivity index (χ0v) is 15.0. The summed E-state index contributed by atoms with van der Waals surface area (Å²) in [5, 5.41) is 5.63. The molecular formula is C17H12Cl3N3O2. The second-order valence-corrected chi connectivity index (χ2v) is 7.04. The first kappa shape index (κ1) is 16.7. The van der Waals surface area contributed by atoms with Gasteiger partial charge < -0.3 is 4.74 Å². The van der Waals surface area contributed by atoms with E-state index in [2.05, 4.69) is 10.1 Å². The van der Waals surface area contributed by atoms with Gasteiger partial charge in [0.15, 0.2) is 0 Å². The molecule has 0 unspecified atom stereocenters. The second kappa shape index (κ2) is 6.18. The van der Waals surface area contributed by atoms with Crippen molar-refractivity contribution in [3.63, 3.8) is 0 Å². The van der Waals surface area contributed by atoms with Crippen LogP contribution in [0.3, 0.4) is 0 Å². The number of hydrogen-bond acceptors (Lipinski definition) is 3. The minimum atomic E-state index is -0.825. The Hall–Kier alpha value is -1.79. The molecule has 1 aromatic heterocycles. The molecule has 0 amide bonds. The maximum atomic E-state index is 11.9. The van der Waals surface area contributed by atoms with Gasteiger partial charge in [0.05, 0.1) is 6.54 Å². The van der Waals surface area contributed by atoms with Crippen molar-refractivity contribution < 1.29 is 4.74 Å². The van der Waals surface area contributed by atoms with E-state index in [-0.39, 0.29) is 18.3 Å². The zero-order chi connectivity index (χ0) is 17.6. The number of aromatic amines is 1. The third kappa shape index (κ3) is 2.87. The van der Waals surface area contributed by atoms with Crippen LogP contribution in [-0.2, 0) is 16.9 Å². The van der Waals surface area contributed by atoms with Gasteiger partial charge in [0.25, 0.3) is 0 Å². The summed E-state index contributed by atoms with van der Waals surface area (Å²) in [6, 6.07) is 12.6. The fraction of sp³-hybridized carbons (Fsp3) is 0.176. The van der Waals surface area contributed by atoms with Crippen LogP contribution in [0.2, 0.25) is 15.1 Å². The van der Waals surface area contributed by atoms with Gasteiger partial charge in [-0.3, -0.25) is 4.98 Å². The molecule has 2 aromatic carbocycles. The number of nitrogens with zero attached hydrogens (tertiary/aromatic N) is 2. The lowest BCUT2D eigenvalue weighted by atomic mass is 9.91. The first-order valence-electron chi connectivity index (χ1n) is 7.49. The maximum absolute atomic E-state index is 11.9. The van der Waals surface area contributed by atoms with Crippen LogP contribution in [0.5, 0.6) is 0 Å². The summed E-state index contributed by atoms with van der Waals surface area (Å²) < 4.78 is 7.39. The van der Waals surface area contributed by atoms with Gasteiger partial charge in [-0.25, -0.2) is 9.48 Å². The van der Waals surface area contributed by atoms with Crippen molar-refractivity contribution in [2.24, 2.45) is 0 Å². The molecule has 1 fully saturated rings. The number of aromatic nitrogens is 3. The Morgan fingerprint density at radius 3 is 2.64 bits per heavy atom. The first-order chi connectivity index (χ1) is 12.0. The van der Waals surface area contributed by atoms with Crippen molar-refractivity contribution in [3.8, 4) is 0 Å². The number of halogens is 3. The third-order valence-corrected chi connectivity index (χ3v) is 5.17. The summed E-state index contributed by atoms with van der Waals surface area (Å²) in [6.45, 7) is 0.211. The van der Waals surface area contributed by atoms with Crippen LogP contribution in [0.25, 0.3) is 0 Å². The van der Waals surface area contributed by atoms with Crippen LogP contribution >= 0.6 is 34.8 Å². The molecule has 2 atom stereocenters. The Morgan fingerprint density at radius 2 is 1.96 bits per heavy atom. The molecule has 3 aromatic rings. The number of nitrogens with one attached hydrogen (secondary N) is 1. The van der Waals surface area contributed by atoms with Gasteiger partial charge in [-0.05, 0) is 18.2 Å². The van der Waals surface area contributed by atoms with E-state index >= 15 is 0 Å². The van der Waals surface area contributed by atoms with Crippen LogP contribution in [0.4, 0.5) is 0 Å². The molecule has 0 spiro atoms.